The van der Waals surface area contributed by atoms with Gasteiger partial charge in [-0.15, -0.1) is 0 Å². The third-order valence-electron chi connectivity index (χ3n) is 0.922. The van der Waals surface area contributed by atoms with Crippen LogP contribution in [0.1, 0.15) is 0 Å². The van der Waals surface area contributed by atoms with Gasteiger partial charge in [-0.25, -0.2) is 0 Å². The smallest absolute Gasteiger partial charge is 0.392 e. The molecule has 0 heterocycles. The van der Waals surface area contributed by atoms with Crippen molar-refractivity contribution >= 4 is 9.90 Å². The van der Waals surface area contributed by atoms with Gasteiger partial charge in [-0.05, 0) is 12.1 Å². The summed E-state index contributed by atoms with van der Waals surface area (Å²) in [5.74, 6) is 0.376. The summed E-state index contributed by atoms with van der Waals surface area (Å²) in [6, 6.07) is 8.41. The number of hydrogen-bond donors (Lipinski definition) is 0. The Labute approximate surface area is 82.1 Å². The summed E-state index contributed by atoms with van der Waals surface area (Å²) in [4.78, 5) is 4.41. The van der Waals surface area contributed by atoms with E-state index in [0.717, 1.165) is 0 Å². The molecular formula is C6H8IO4P. The lowest BCUT2D eigenvalue weighted by Gasteiger charge is -1.93. The number of benzene rings is 1. The molecule has 68 valence electrons. The predicted molar refractivity (Wildman–Crippen MR) is 39.3 cm³/mol. The Morgan fingerprint density at radius 1 is 1.08 bits per heavy atom. The highest BCUT2D eigenvalue weighted by Gasteiger charge is 2.14. The highest BCUT2D eigenvalue weighted by molar-refractivity contribution is 6.92. The summed E-state index contributed by atoms with van der Waals surface area (Å²) < 4.78 is 23.9. The lowest BCUT2D eigenvalue weighted by atomic mass is 10.3. The fourth-order valence-electron chi connectivity index (χ4n) is 0.538. The molecule has 0 spiro atoms. The van der Waals surface area contributed by atoms with Gasteiger partial charge in [0.2, 0.25) is 0 Å². The van der Waals surface area contributed by atoms with Crippen LogP contribution >= 0.6 is 9.90 Å². The summed E-state index contributed by atoms with van der Waals surface area (Å²) in [6.07, 6.45) is 0. The van der Waals surface area contributed by atoms with Crippen LogP contribution in [-0.4, -0.2) is 0 Å². The summed E-state index contributed by atoms with van der Waals surface area (Å²) >= 11 is -3.71. The van der Waals surface area contributed by atoms with Gasteiger partial charge in [-0.3, -0.25) is 4.89 Å². The Bertz CT molecular complexity index is 206. The molecule has 0 radical (unpaired) electrons. The van der Waals surface area contributed by atoms with Gasteiger partial charge < -0.3 is 6.87 Å². The number of hydrogen-bond acceptors (Lipinski definition) is 4. The molecule has 0 saturated carbocycles. The van der Waals surface area contributed by atoms with E-state index in [0.29, 0.717) is 5.75 Å². The van der Waals surface area contributed by atoms with Crippen LogP contribution < -0.4 is 32.8 Å². The van der Waals surface area contributed by atoms with E-state index in [1.807, 2.05) is 0 Å². The predicted octanol–water partition coefficient (Wildman–Crippen LogP) is -3.85. The van der Waals surface area contributed by atoms with Crippen molar-refractivity contribution in [2.45, 2.75) is 0 Å². The van der Waals surface area contributed by atoms with Gasteiger partial charge in [0.25, 0.3) is 0 Å². The van der Waals surface area contributed by atoms with E-state index in [1.54, 1.807) is 30.3 Å². The molecule has 1 aromatic rings. The van der Waals surface area contributed by atoms with Crippen molar-refractivity contribution in [1.29, 1.82) is 0 Å². The van der Waals surface area contributed by atoms with E-state index in [-0.39, 0.29) is 9.90 Å². The van der Waals surface area contributed by atoms with Crippen LogP contribution in [0.15, 0.2) is 30.3 Å². The molecular weight excluding hydrogens is 294 g/mol. The van der Waals surface area contributed by atoms with Crippen molar-refractivity contribution < 1.29 is 36.0 Å². The summed E-state index contributed by atoms with van der Waals surface area (Å²) in [7, 11) is 0. The van der Waals surface area contributed by atoms with Crippen molar-refractivity contribution in [2.75, 3.05) is 0 Å². The molecule has 0 aromatic heterocycles. The van der Waals surface area contributed by atoms with Crippen LogP contribution in [-0.2, 0) is 3.22 Å². The highest BCUT2D eigenvalue weighted by Crippen LogP contribution is 2.06. The Kier molecular flexibility index (Phi) is 6.60. The maximum Gasteiger partial charge on any atom is 0.566 e. The second-order valence-corrected chi connectivity index (χ2v) is 3.09. The van der Waals surface area contributed by atoms with Gasteiger partial charge >= 0.3 is 21.1 Å². The van der Waals surface area contributed by atoms with Gasteiger partial charge in [0.05, 0.1) is 0 Å². The first kappa shape index (κ1) is 12.1. The fraction of sp³-hybridized carbons (Fsp3) is 0. The zero-order chi connectivity index (χ0) is 8.10. The Morgan fingerprint density at radius 2 is 1.67 bits per heavy atom. The molecule has 4 nitrogen and oxygen atoms in total. The molecule has 1 atom stereocenters. The summed E-state index contributed by atoms with van der Waals surface area (Å²) in [5.41, 5.74) is 0. The summed E-state index contributed by atoms with van der Waals surface area (Å²) in [6.45, 7) is 0. The summed E-state index contributed by atoms with van der Waals surface area (Å²) in [5, 5.41) is 0. The molecule has 0 aliphatic carbocycles. The molecule has 12 heavy (non-hydrogen) atoms. The largest absolute Gasteiger partial charge is 0.566 e. The second-order valence-electron chi connectivity index (χ2n) is 1.65. The molecule has 0 fully saturated rings. The van der Waals surface area contributed by atoms with Crippen LogP contribution in [0.3, 0.4) is 0 Å². The SMILES string of the molecule is P.[O-][I+2]([O-])OOc1ccccc1. The van der Waals surface area contributed by atoms with E-state index in [1.165, 1.54) is 0 Å². The van der Waals surface area contributed by atoms with Gasteiger partial charge in [-0.2, -0.15) is 9.90 Å². The number of halogens is 1. The molecule has 1 unspecified atom stereocenters. The third-order valence-corrected chi connectivity index (χ3v) is 1.40. The average Bonchev–Trinajstić information content (AvgIpc) is 2.03. The second kappa shape index (κ2) is 6.56. The average molecular weight is 302 g/mol. The van der Waals surface area contributed by atoms with Crippen LogP contribution in [0.5, 0.6) is 5.75 Å². The van der Waals surface area contributed by atoms with Gasteiger partial charge in [-0.1, -0.05) is 18.2 Å². The fourth-order valence-corrected chi connectivity index (χ4v) is 0.893. The lowest BCUT2D eigenvalue weighted by Crippen LogP contribution is -3.99. The van der Waals surface area contributed by atoms with Crippen LogP contribution in [0.2, 0.25) is 0 Å². The van der Waals surface area contributed by atoms with Crippen molar-refractivity contribution in [2.24, 2.45) is 0 Å². The van der Waals surface area contributed by atoms with Crippen LogP contribution in [0.25, 0.3) is 0 Å². The zero-order valence-electron chi connectivity index (χ0n) is 6.10. The molecule has 1 rings (SSSR count). The minimum absolute atomic E-state index is 0. The molecule has 0 aliphatic heterocycles. The highest BCUT2D eigenvalue weighted by atomic mass is 127. The van der Waals surface area contributed by atoms with Gasteiger partial charge in [0, 0.05) is 0 Å². The van der Waals surface area contributed by atoms with Crippen molar-refractivity contribution in [3.8, 4) is 5.75 Å². The maximum atomic E-state index is 9.95. The molecule has 0 amide bonds. The van der Waals surface area contributed by atoms with E-state index in [4.69, 9.17) is 0 Å². The topological polar surface area (TPSA) is 64.6 Å². The zero-order valence-corrected chi connectivity index (χ0v) is 9.68. The Hall–Kier alpha value is 0.0600. The molecule has 6 heteroatoms. The minimum Gasteiger partial charge on any atom is -0.392 e. The molecule has 0 N–H and O–H groups in total. The number of para-hydroxylation sites is 1. The quantitative estimate of drug-likeness (QED) is 0.248. The molecule has 0 saturated heterocycles. The first-order valence-corrected chi connectivity index (χ1v) is 5.39. The maximum absolute atomic E-state index is 9.95. The molecule has 0 bridgehead atoms. The molecule has 1 aromatic carbocycles. The van der Waals surface area contributed by atoms with Gasteiger partial charge in [0.1, 0.15) is 0 Å². The van der Waals surface area contributed by atoms with E-state index >= 15 is 0 Å². The Balaban J connectivity index is 0.00000121. The van der Waals surface area contributed by atoms with E-state index in [2.05, 4.69) is 8.10 Å². The first-order valence-electron chi connectivity index (χ1n) is 2.74. The van der Waals surface area contributed by atoms with Crippen molar-refractivity contribution in [3.63, 3.8) is 0 Å². The monoisotopic (exact) mass is 302 g/mol. The third kappa shape index (κ3) is 4.84. The first-order chi connectivity index (χ1) is 5.29. The van der Waals surface area contributed by atoms with Gasteiger partial charge in [0.15, 0.2) is 8.97 Å². The van der Waals surface area contributed by atoms with Crippen molar-refractivity contribution in [3.05, 3.63) is 30.3 Å². The van der Waals surface area contributed by atoms with Crippen LogP contribution in [0.4, 0.5) is 0 Å². The minimum atomic E-state index is -3.71. The van der Waals surface area contributed by atoms with E-state index in [9.17, 15) is 6.87 Å². The number of rotatable bonds is 3. The molecule has 0 aliphatic rings. The van der Waals surface area contributed by atoms with Crippen molar-refractivity contribution in [1.82, 2.24) is 0 Å². The lowest BCUT2D eigenvalue weighted by molar-refractivity contribution is -1.64. The standard InChI is InChI=1S/C6H5IO4.H3P/c8-7(9)11-10-6-4-2-1-3-5-6;/h1-5H;1H3. The normalized spacial score (nSPS) is 9.25. The van der Waals surface area contributed by atoms with Crippen LogP contribution in [0, 0.1) is 0 Å². The van der Waals surface area contributed by atoms with E-state index < -0.39 is 21.1 Å². The Morgan fingerprint density at radius 3 is 2.17 bits per heavy atom.